The van der Waals surface area contributed by atoms with Crippen molar-refractivity contribution in [2.24, 2.45) is 0 Å². The maximum Gasteiger partial charge on any atom is 0.331 e. The van der Waals surface area contributed by atoms with E-state index < -0.39 is 28.3 Å². The van der Waals surface area contributed by atoms with Crippen LogP contribution in [-0.4, -0.2) is 65.7 Å². The van der Waals surface area contributed by atoms with Gasteiger partial charge in [0, 0.05) is 35.8 Å². The second kappa shape index (κ2) is 10.7. The van der Waals surface area contributed by atoms with Gasteiger partial charge in [-0.2, -0.15) is 5.10 Å². The molecule has 1 saturated heterocycles. The number of hydrogen-bond donors (Lipinski definition) is 0. The molecule has 1 atom stereocenters. The van der Waals surface area contributed by atoms with E-state index >= 15 is 0 Å². The Kier molecular flexibility index (Phi) is 7.15. The van der Waals surface area contributed by atoms with Crippen LogP contribution in [0.3, 0.4) is 0 Å². The first kappa shape index (κ1) is 25.5. The molecular weight excluding hydrogens is 506 g/mol. The van der Waals surface area contributed by atoms with Gasteiger partial charge in [0.25, 0.3) is 5.91 Å². The minimum Gasteiger partial charge on any atom is -0.454 e. The molecule has 1 aliphatic heterocycles. The number of carbonyl (C=O) groups excluding carboxylic acids is 2. The highest BCUT2D eigenvalue weighted by Crippen LogP contribution is 2.30. The van der Waals surface area contributed by atoms with E-state index in [-0.39, 0.29) is 17.5 Å². The zero-order valence-electron chi connectivity index (χ0n) is 20.8. The molecule has 1 fully saturated rings. The minimum atomic E-state index is -3.14. The molecule has 5 rings (SSSR count). The third-order valence-corrected chi connectivity index (χ3v) is 8.22. The number of sulfone groups is 1. The van der Waals surface area contributed by atoms with E-state index in [4.69, 9.17) is 14.3 Å². The molecule has 1 unspecified atom stereocenters. The predicted molar refractivity (Wildman–Crippen MR) is 143 cm³/mol. The smallest absolute Gasteiger partial charge is 0.331 e. The quantitative estimate of drug-likeness (QED) is 0.250. The summed E-state index contributed by atoms with van der Waals surface area (Å²) in [4.78, 5) is 26.6. The summed E-state index contributed by atoms with van der Waals surface area (Å²) in [5, 5.41) is 5.63. The Labute approximate surface area is 220 Å². The van der Waals surface area contributed by atoms with Crippen LogP contribution in [0.4, 0.5) is 0 Å². The number of ether oxygens (including phenoxy) is 1. The third-order valence-electron chi connectivity index (χ3n) is 6.47. The van der Waals surface area contributed by atoms with Gasteiger partial charge in [0.2, 0.25) is 0 Å². The van der Waals surface area contributed by atoms with Crippen LogP contribution in [0.1, 0.15) is 18.9 Å². The number of para-hydroxylation sites is 2. The first-order valence-electron chi connectivity index (χ1n) is 12.3. The number of rotatable bonds is 8. The van der Waals surface area contributed by atoms with Crippen LogP contribution < -0.4 is 0 Å². The van der Waals surface area contributed by atoms with E-state index in [2.05, 4.69) is 0 Å². The topological polar surface area (TPSA) is 112 Å². The maximum absolute atomic E-state index is 12.6. The molecular formula is C28H27N3O6S. The van der Waals surface area contributed by atoms with Gasteiger partial charge in [0.15, 0.2) is 22.2 Å². The minimum absolute atomic E-state index is 0.0591. The van der Waals surface area contributed by atoms with Gasteiger partial charge in [-0.25, -0.2) is 17.9 Å². The summed E-state index contributed by atoms with van der Waals surface area (Å²) in [5.41, 5.74) is 2.73. The van der Waals surface area contributed by atoms with Crippen molar-refractivity contribution in [2.75, 3.05) is 24.7 Å². The van der Waals surface area contributed by atoms with Gasteiger partial charge >= 0.3 is 5.97 Å². The highest BCUT2D eigenvalue weighted by Gasteiger charge is 2.34. The molecule has 0 spiro atoms. The van der Waals surface area contributed by atoms with Gasteiger partial charge in [-0.3, -0.25) is 4.79 Å². The van der Waals surface area contributed by atoms with E-state index in [0.29, 0.717) is 30.0 Å². The highest BCUT2D eigenvalue weighted by molar-refractivity contribution is 7.91. The molecule has 9 nitrogen and oxygen atoms in total. The standard InChI is InChI=1S/C28H27N3O6S/c1-2-30(23-14-15-38(34,35)19-23)26(32)18-36-27(33)13-12-21-17-31(22-9-4-3-5-10-22)29-28(21)25-16-20-8-6-7-11-24(20)37-25/h3-13,16-17,23H,2,14-15,18-19H2,1H3/b13-12+. The van der Waals surface area contributed by atoms with Gasteiger partial charge in [0.1, 0.15) is 11.3 Å². The van der Waals surface area contributed by atoms with Crippen LogP contribution in [0.15, 0.2) is 77.4 Å². The Bertz CT molecular complexity index is 1570. The lowest BCUT2D eigenvalue weighted by Gasteiger charge is -2.26. The fourth-order valence-corrected chi connectivity index (χ4v) is 6.32. The van der Waals surface area contributed by atoms with Crippen molar-refractivity contribution in [1.82, 2.24) is 14.7 Å². The van der Waals surface area contributed by atoms with Crippen LogP contribution in [0.5, 0.6) is 0 Å². The molecule has 0 aliphatic carbocycles. The van der Waals surface area contributed by atoms with E-state index in [1.54, 1.807) is 23.9 Å². The molecule has 0 radical (unpaired) electrons. The van der Waals surface area contributed by atoms with Crippen molar-refractivity contribution < 1.29 is 27.2 Å². The lowest BCUT2D eigenvalue weighted by Crippen LogP contribution is -2.43. The molecule has 3 heterocycles. The maximum atomic E-state index is 12.6. The molecule has 2 aromatic heterocycles. The Morgan fingerprint density at radius 2 is 1.92 bits per heavy atom. The van der Waals surface area contributed by atoms with Crippen molar-refractivity contribution in [3.05, 3.63) is 78.5 Å². The Morgan fingerprint density at radius 3 is 2.63 bits per heavy atom. The van der Waals surface area contributed by atoms with Gasteiger partial charge in [0.05, 0.1) is 17.2 Å². The molecule has 2 aromatic carbocycles. The van der Waals surface area contributed by atoms with Crippen molar-refractivity contribution >= 4 is 38.8 Å². The molecule has 196 valence electrons. The Hall–Kier alpha value is -4.18. The van der Waals surface area contributed by atoms with Crippen molar-refractivity contribution in [2.45, 2.75) is 19.4 Å². The second-order valence-electron chi connectivity index (χ2n) is 9.04. The molecule has 4 aromatic rings. The Morgan fingerprint density at radius 1 is 1.16 bits per heavy atom. The molecule has 1 aliphatic rings. The lowest BCUT2D eigenvalue weighted by atomic mass is 10.2. The summed E-state index contributed by atoms with van der Waals surface area (Å²) >= 11 is 0. The zero-order chi connectivity index (χ0) is 26.7. The van der Waals surface area contributed by atoms with Gasteiger partial charge in [-0.15, -0.1) is 0 Å². The molecule has 10 heteroatoms. The summed E-state index contributed by atoms with van der Waals surface area (Å²) in [5.74, 6) is -0.563. The van der Waals surface area contributed by atoms with E-state index in [9.17, 15) is 18.0 Å². The number of likely N-dealkylation sites (N-methyl/N-ethyl adjacent to an activating group) is 1. The van der Waals surface area contributed by atoms with Crippen LogP contribution in [-0.2, 0) is 24.2 Å². The monoisotopic (exact) mass is 533 g/mol. The van der Waals surface area contributed by atoms with Crippen molar-refractivity contribution in [3.63, 3.8) is 0 Å². The molecule has 0 saturated carbocycles. The van der Waals surface area contributed by atoms with Gasteiger partial charge in [-0.1, -0.05) is 36.4 Å². The highest BCUT2D eigenvalue weighted by atomic mass is 32.2. The number of aromatic nitrogens is 2. The van der Waals surface area contributed by atoms with Crippen LogP contribution in [0, 0.1) is 0 Å². The lowest BCUT2D eigenvalue weighted by molar-refractivity contribution is -0.149. The van der Waals surface area contributed by atoms with Crippen LogP contribution >= 0.6 is 0 Å². The summed E-state index contributed by atoms with van der Waals surface area (Å²) in [6, 6.07) is 18.7. The third kappa shape index (κ3) is 5.55. The number of carbonyl (C=O) groups is 2. The normalized spacial score (nSPS) is 16.7. The largest absolute Gasteiger partial charge is 0.454 e. The number of hydrogen-bond acceptors (Lipinski definition) is 7. The van der Waals surface area contributed by atoms with Gasteiger partial charge in [-0.05, 0) is 43.7 Å². The van der Waals surface area contributed by atoms with E-state index in [1.807, 2.05) is 60.7 Å². The average molecular weight is 534 g/mol. The summed E-state index contributed by atoms with van der Waals surface area (Å²) in [7, 11) is -3.14. The Balaban J connectivity index is 1.33. The SMILES string of the molecule is CCN(C(=O)COC(=O)/C=C/c1cn(-c2ccccc2)nc1-c1cc2ccccc2o1)C1CCS(=O)(=O)C1. The second-order valence-corrected chi connectivity index (χ2v) is 11.3. The number of fused-ring (bicyclic) bond motifs is 1. The van der Waals surface area contributed by atoms with E-state index in [0.717, 1.165) is 16.7 Å². The fourth-order valence-electron chi connectivity index (χ4n) is 4.59. The van der Waals surface area contributed by atoms with E-state index in [1.165, 1.54) is 11.0 Å². The first-order valence-corrected chi connectivity index (χ1v) is 14.1. The first-order chi connectivity index (χ1) is 18.3. The van der Waals surface area contributed by atoms with Crippen LogP contribution in [0.25, 0.3) is 34.2 Å². The predicted octanol–water partition coefficient (Wildman–Crippen LogP) is 3.88. The van der Waals surface area contributed by atoms with Crippen molar-refractivity contribution in [3.8, 4) is 17.1 Å². The fraction of sp³-hybridized carbons (Fsp3) is 0.250. The number of benzene rings is 2. The molecule has 0 bridgehead atoms. The summed E-state index contributed by atoms with van der Waals surface area (Å²) < 4.78 is 36.5. The summed E-state index contributed by atoms with van der Waals surface area (Å²) in [6.45, 7) is 1.65. The number of furan rings is 1. The number of esters is 1. The van der Waals surface area contributed by atoms with Crippen molar-refractivity contribution in [1.29, 1.82) is 0 Å². The summed E-state index contributed by atoms with van der Waals surface area (Å²) in [6.07, 6.45) is 4.99. The van der Waals surface area contributed by atoms with Crippen LogP contribution in [0.2, 0.25) is 0 Å². The molecule has 0 N–H and O–H groups in total. The average Bonchev–Trinajstić information content (AvgIpc) is 3.63. The number of nitrogens with zero attached hydrogens (tertiary/aromatic N) is 3. The molecule has 38 heavy (non-hydrogen) atoms. The molecule has 1 amide bonds. The van der Waals surface area contributed by atoms with Gasteiger partial charge < -0.3 is 14.1 Å². The zero-order valence-corrected chi connectivity index (χ0v) is 21.6. The number of amides is 1.